The summed E-state index contributed by atoms with van der Waals surface area (Å²) < 4.78 is 16.9. The highest BCUT2D eigenvalue weighted by Gasteiger charge is 2.39. The summed E-state index contributed by atoms with van der Waals surface area (Å²) in [5.74, 6) is 0.826. The maximum absolute atomic E-state index is 6.10. The van der Waals surface area contributed by atoms with Crippen molar-refractivity contribution in [2.75, 3.05) is 32.2 Å². The van der Waals surface area contributed by atoms with Gasteiger partial charge in [-0.05, 0) is 43.9 Å². The molecule has 0 aromatic heterocycles. The molecule has 1 atom stereocenters. The van der Waals surface area contributed by atoms with E-state index in [0.29, 0.717) is 11.1 Å². The molecule has 1 unspecified atom stereocenters. The van der Waals surface area contributed by atoms with Crippen LogP contribution in [0.5, 0.6) is 5.75 Å². The van der Waals surface area contributed by atoms with Gasteiger partial charge in [-0.15, -0.1) is 0 Å². The Labute approximate surface area is 130 Å². The zero-order valence-electron chi connectivity index (χ0n) is 12.4. The topological polar surface area (TPSA) is 39.7 Å². The Bertz CT molecular complexity index is 483. The van der Waals surface area contributed by atoms with Gasteiger partial charge in [-0.2, -0.15) is 0 Å². The molecule has 0 aliphatic carbocycles. The average molecular weight is 312 g/mol. The van der Waals surface area contributed by atoms with Crippen LogP contribution in [-0.4, -0.2) is 38.6 Å². The second-order valence-electron chi connectivity index (χ2n) is 5.82. The summed E-state index contributed by atoms with van der Waals surface area (Å²) in [6.45, 7) is 2.39. The number of anilines is 1. The van der Waals surface area contributed by atoms with Gasteiger partial charge >= 0.3 is 0 Å². The second-order valence-corrected chi connectivity index (χ2v) is 6.26. The Hall–Kier alpha value is -0.970. The highest BCUT2D eigenvalue weighted by Crippen LogP contribution is 2.37. The van der Waals surface area contributed by atoms with E-state index in [1.165, 1.54) is 0 Å². The summed E-state index contributed by atoms with van der Waals surface area (Å²) in [6.07, 6.45) is 3.97. The first-order valence-electron chi connectivity index (χ1n) is 7.53. The molecule has 0 saturated carbocycles. The molecule has 1 aromatic rings. The third kappa shape index (κ3) is 3.44. The Kier molecular flexibility index (Phi) is 4.57. The zero-order chi connectivity index (χ0) is 14.7. The summed E-state index contributed by atoms with van der Waals surface area (Å²) in [7, 11) is 1.68. The lowest BCUT2D eigenvalue weighted by molar-refractivity contribution is -0.135. The van der Waals surface area contributed by atoms with Crippen LogP contribution in [0, 0.1) is 0 Å². The molecule has 5 heteroatoms. The van der Waals surface area contributed by atoms with Crippen LogP contribution >= 0.6 is 11.6 Å². The molecule has 21 heavy (non-hydrogen) atoms. The van der Waals surface area contributed by atoms with Crippen molar-refractivity contribution in [3.63, 3.8) is 0 Å². The van der Waals surface area contributed by atoms with Crippen molar-refractivity contribution in [1.82, 2.24) is 0 Å². The quantitative estimate of drug-likeness (QED) is 0.927. The Morgan fingerprint density at radius 2 is 2.10 bits per heavy atom. The van der Waals surface area contributed by atoms with Crippen LogP contribution in [0.4, 0.5) is 5.69 Å². The minimum atomic E-state index is -0.0139. The van der Waals surface area contributed by atoms with Crippen LogP contribution in [0.1, 0.15) is 25.7 Å². The first-order valence-corrected chi connectivity index (χ1v) is 7.90. The van der Waals surface area contributed by atoms with Crippen molar-refractivity contribution in [2.24, 2.45) is 0 Å². The standard InChI is InChI=1S/C16H22ClNO3/c1-19-15-3-2-12(17)10-14(15)18-13-4-7-21-16(11-13)5-8-20-9-6-16/h2-3,10,13,18H,4-9,11H2,1H3. The van der Waals surface area contributed by atoms with E-state index in [0.717, 1.165) is 56.9 Å². The fourth-order valence-corrected chi connectivity index (χ4v) is 3.43. The normalized spacial score (nSPS) is 24.8. The minimum absolute atomic E-state index is 0.0139. The lowest BCUT2D eigenvalue weighted by atomic mass is 9.84. The smallest absolute Gasteiger partial charge is 0.142 e. The third-order valence-corrected chi connectivity index (χ3v) is 4.65. The molecular formula is C16H22ClNO3. The molecule has 0 bridgehead atoms. The van der Waals surface area contributed by atoms with Gasteiger partial charge in [0.25, 0.3) is 0 Å². The molecule has 2 aliphatic rings. The van der Waals surface area contributed by atoms with Crippen LogP contribution in [-0.2, 0) is 9.47 Å². The summed E-state index contributed by atoms with van der Waals surface area (Å²) in [6, 6.07) is 6.04. The largest absolute Gasteiger partial charge is 0.495 e. The van der Waals surface area contributed by atoms with E-state index in [-0.39, 0.29) is 5.60 Å². The molecule has 1 spiro atoms. The number of hydrogen-bond acceptors (Lipinski definition) is 4. The van der Waals surface area contributed by atoms with Crippen molar-refractivity contribution in [2.45, 2.75) is 37.3 Å². The molecule has 0 radical (unpaired) electrons. The number of halogens is 1. The molecule has 2 aliphatic heterocycles. The van der Waals surface area contributed by atoms with E-state index in [1.54, 1.807) is 7.11 Å². The fourth-order valence-electron chi connectivity index (χ4n) is 3.26. The van der Waals surface area contributed by atoms with E-state index in [2.05, 4.69) is 5.32 Å². The van der Waals surface area contributed by atoms with Gasteiger partial charge in [-0.1, -0.05) is 11.6 Å². The van der Waals surface area contributed by atoms with E-state index in [1.807, 2.05) is 18.2 Å². The molecular weight excluding hydrogens is 290 g/mol. The van der Waals surface area contributed by atoms with Gasteiger partial charge in [0.2, 0.25) is 0 Å². The van der Waals surface area contributed by atoms with Crippen molar-refractivity contribution < 1.29 is 14.2 Å². The zero-order valence-corrected chi connectivity index (χ0v) is 13.1. The van der Waals surface area contributed by atoms with Gasteiger partial charge in [0.1, 0.15) is 5.75 Å². The van der Waals surface area contributed by atoms with Crippen molar-refractivity contribution in [3.8, 4) is 5.75 Å². The van der Waals surface area contributed by atoms with Crippen molar-refractivity contribution in [3.05, 3.63) is 23.2 Å². The van der Waals surface area contributed by atoms with Gasteiger partial charge < -0.3 is 19.5 Å². The number of benzene rings is 1. The van der Waals surface area contributed by atoms with Crippen molar-refractivity contribution in [1.29, 1.82) is 0 Å². The number of methoxy groups -OCH3 is 1. The molecule has 1 N–H and O–H groups in total. The summed E-state index contributed by atoms with van der Waals surface area (Å²) >= 11 is 6.10. The summed E-state index contributed by atoms with van der Waals surface area (Å²) in [5.41, 5.74) is 0.944. The molecule has 2 fully saturated rings. The van der Waals surface area contributed by atoms with Crippen LogP contribution in [0.15, 0.2) is 18.2 Å². The second kappa shape index (κ2) is 6.42. The van der Waals surface area contributed by atoms with E-state index in [9.17, 15) is 0 Å². The average Bonchev–Trinajstić information content (AvgIpc) is 2.48. The van der Waals surface area contributed by atoms with E-state index in [4.69, 9.17) is 25.8 Å². The number of hydrogen-bond donors (Lipinski definition) is 1. The van der Waals surface area contributed by atoms with E-state index < -0.39 is 0 Å². The van der Waals surface area contributed by atoms with Crippen molar-refractivity contribution >= 4 is 17.3 Å². The van der Waals surface area contributed by atoms with Crippen LogP contribution in [0.3, 0.4) is 0 Å². The number of rotatable bonds is 3. The summed E-state index contributed by atoms with van der Waals surface area (Å²) in [5, 5.41) is 4.30. The number of nitrogens with one attached hydrogen (secondary N) is 1. The molecule has 116 valence electrons. The maximum atomic E-state index is 6.10. The first-order chi connectivity index (χ1) is 10.2. The van der Waals surface area contributed by atoms with Crippen LogP contribution in [0.2, 0.25) is 5.02 Å². The third-order valence-electron chi connectivity index (χ3n) is 4.42. The van der Waals surface area contributed by atoms with Crippen LogP contribution < -0.4 is 10.1 Å². The molecule has 2 heterocycles. The molecule has 3 rings (SSSR count). The predicted octanol–water partition coefficient (Wildman–Crippen LogP) is 3.49. The van der Waals surface area contributed by atoms with Gasteiger partial charge in [-0.3, -0.25) is 0 Å². The van der Waals surface area contributed by atoms with Crippen LogP contribution in [0.25, 0.3) is 0 Å². The summed E-state index contributed by atoms with van der Waals surface area (Å²) in [4.78, 5) is 0. The molecule has 2 saturated heterocycles. The highest BCUT2D eigenvalue weighted by atomic mass is 35.5. The SMILES string of the molecule is COc1ccc(Cl)cc1NC1CCOC2(CCOCC2)C1. The molecule has 1 aromatic carbocycles. The van der Waals surface area contributed by atoms with Gasteiger partial charge in [-0.25, -0.2) is 0 Å². The van der Waals surface area contributed by atoms with Gasteiger partial charge in [0, 0.05) is 30.9 Å². The van der Waals surface area contributed by atoms with Gasteiger partial charge in [0.05, 0.1) is 18.4 Å². The van der Waals surface area contributed by atoms with E-state index >= 15 is 0 Å². The Morgan fingerprint density at radius 3 is 2.86 bits per heavy atom. The lowest BCUT2D eigenvalue weighted by Gasteiger charge is -2.43. The predicted molar refractivity (Wildman–Crippen MR) is 83.4 cm³/mol. The maximum Gasteiger partial charge on any atom is 0.142 e. The van der Waals surface area contributed by atoms with Gasteiger partial charge in [0.15, 0.2) is 0 Å². The lowest BCUT2D eigenvalue weighted by Crippen LogP contribution is -2.47. The minimum Gasteiger partial charge on any atom is -0.495 e. The monoisotopic (exact) mass is 311 g/mol. The number of ether oxygens (including phenoxy) is 3. The Morgan fingerprint density at radius 1 is 1.29 bits per heavy atom. The first kappa shape index (κ1) is 14.9. The molecule has 4 nitrogen and oxygen atoms in total. The highest BCUT2D eigenvalue weighted by molar-refractivity contribution is 6.30. The fraction of sp³-hybridized carbons (Fsp3) is 0.625. The molecule has 0 amide bonds. The Balaban J connectivity index is 1.71.